The van der Waals surface area contributed by atoms with Crippen molar-refractivity contribution in [2.75, 3.05) is 6.54 Å². The zero-order valence-corrected chi connectivity index (χ0v) is 15.4. The van der Waals surface area contributed by atoms with Crippen LogP contribution in [-0.2, 0) is 24.1 Å². The first-order chi connectivity index (χ1) is 12.1. The van der Waals surface area contributed by atoms with E-state index in [1.54, 1.807) is 11.3 Å². The Bertz CT molecular complexity index is 745. The molecule has 1 aromatic heterocycles. The quantitative estimate of drug-likeness (QED) is 0.821. The highest BCUT2D eigenvalue weighted by atomic mass is 32.1. The fourth-order valence-electron chi connectivity index (χ4n) is 4.50. The van der Waals surface area contributed by atoms with Gasteiger partial charge in [-0.2, -0.15) is 0 Å². The molecule has 1 spiro atoms. The Morgan fingerprint density at radius 3 is 2.72 bits per heavy atom. The van der Waals surface area contributed by atoms with E-state index in [4.69, 9.17) is 5.73 Å². The Morgan fingerprint density at radius 1 is 1.24 bits per heavy atom. The molecule has 0 saturated heterocycles. The van der Waals surface area contributed by atoms with Gasteiger partial charge in [0, 0.05) is 34.7 Å². The molecule has 2 atom stereocenters. The van der Waals surface area contributed by atoms with E-state index in [0.717, 1.165) is 48.2 Å². The van der Waals surface area contributed by atoms with Crippen molar-refractivity contribution in [1.82, 2.24) is 5.32 Å². The molecule has 5 heteroatoms. The van der Waals surface area contributed by atoms with Gasteiger partial charge >= 0.3 is 0 Å². The fraction of sp³-hybridized carbons (Fsp3) is 0.700. The molecular weight excluding hydrogens is 332 g/mol. The van der Waals surface area contributed by atoms with Crippen molar-refractivity contribution in [2.24, 2.45) is 23.0 Å². The molecule has 4 aliphatic carbocycles. The SMILES string of the molecule is NC1CCc2sc(CC(=O)C3CC34CC4)c(C(=O)NCC3CC3)c2C1. The molecule has 0 bridgehead atoms. The number of rotatable bonds is 6. The van der Waals surface area contributed by atoms with Crippen molar-refractivity contribution in [3.05, 3.63) is 20.9 Å². The third-order valence-corrected chi connectivity index (χ3v) is 7.94. The number of ketones is 1. The van der Waals surface area contributed by atoms with Crippen molar-refractivity contribution >= 4 is 23.0 Å². The summed E-state index contributed by atoms with van der Waals surface area (Å²) in [7, 11) is 0. The highest BCUT2D eigenvalue weighted by Gasteiger charge is 2.65. The van der Waals surface area contributed by atoms with E-state index in [1.165, 1.54) is 30.6 Å². The van der Waals surface area contributed by atoms with Crippen LogP contribution in [0.2, 0.25) is 0 Å². The number of nitrogens with two attached hydrogens (primary N) is 1. The molecule has 4 nitrogen and oxygen atoms in total. The van der Waals surface area contributed by atoms with Gasteiger partial charge in [-0.25, -0.2) is 0 Å². The fourth-order valence-corrected chi connectivity index (χ4v) is 5.86. The van der Waals surface area contributed by atoms with Gasteiger partial charge in [0.25, 0.3) is 5.91 Å². The van der Waals surface area contributed by atoms with Crippen molar-refractivity contribution in [2.45, 2.75) is 63.8 Å². The minimum atomic E-state index is 0.0261. The molecule has 3 saturated carbocycles. The lowest BCUT2D eigenvalue weighted by Crippen LogP contribution is -2.31. The van der Waals surface area contributed by atoms with E-state index in [9.17, 15) is 9.59 Å². The van der Waals surface area contributed by atoms with Gasteiger partial charge in [-0.15, -0.1) is 11.3 Å². The molecule has 25 heavy (non-hydrogen) atoms. The average molecular weight is 359 g/mol. The number of hydrogen-bond donors (Lipinski definition) is 2. The smallest absolute Gasteiger partial charge is 0.252 e. The number of fused-ring (bicyclic) bond motifs is 1. The van der Waals surface area contributed by atoms with Gasteiger partial charge in [0.1, 0.15) is 5.78 Å². The van der Waals surface area contributed by atoms with Crippen LogP contribution in [0.15, 0.2) is 0 Å². The summed E-state index contributed by atoms with van der Waals surface area (Å²) in [6.45, 7) is 0.772. The van der Waals surface area contributed by atoms with Crippen LogP contribution in [0.1, 0.15) is 64.2 Å². The van der Waals surface area contributed by atoms with Crippen LogP contribution in [0.5, 0.6) is 0 Å². The summed E-state index contributed by atoms with van der Waals surface area (Å²) in [6.07, 6.45) is 9.16. The van der Waals surface area contributed by atoms with E-state index in [1.807, 2.05) is 0 Å². The predicted molar refractivity (Wildman–Crippen MR) is 97.9 cm³/mol. The Hall–Kier alpha value is -1.20. The number of hydrogen-bond acceptors (Lipinski definition) is 4. The maximum absolute atomic E-state index is 12.9. The van der Waals surface area contributed by atoms with Gasteiger partial charge in [-0.05, 0) is 68.3 Å². The number of thiophene rings is 1. The average Bonchev–Trinajstić information content (AvgIpc) is 3.47. The zero-order chi connectivity index (χ0) is 17.2. The Kier molecular flexibility index (Phi) is 3.62. The summed E-state index contributed by atoms with van der Waals surface area (Å²) >= 11 is 1.70. The molecule has 4 aliphatic rings. The Morgan fingerprint density at radius 2 is 2.04 bits per heavy atom. The van der Waals surface area contributed by atoms with Crippen LogP contribution in [0.25, 0.3) is 0 Å². The summed E-state index contributed by atoms with van der Waals surface area (Å²) < 4.78 is 0. The molecule has 0 aliphatic heterocycles. The normalized spacial score (nSPS) is 28.5. The number of nitrogens with one attached hydrogen (secondary N) is 1. The van der Waals surface area contributed by atoms with Crippen LogP contribution in [-0.4, -0.2) is 24.3 Å². The van der Waals surface area contributed by atoms with Gasteiger partial charge in [-0.1, -0.05) is 0 Å². The first-order valence-corrected chi connectivity index (χ1v) is 10.6. The van der Waals surface area contributed by atoms with Gasteiger partial charge < -0.3 is 11.1 Å². The molecule has 0 radical (unpaired) electrons. The van der Waals surface area contributed by atoms with Crippen LogP contribution >= 0.6 is 11.3 Å². The van der Waals surface area contributed by atoms with Gasteiger partial charge in [-0.3, -0.25) is 9.59 Å². The number of aryl methyl sites for hydroxylation is 1. The number of amides is 1. The van der Waals surface area contributed by atoms with Crippen molar-refractivity contribution in [3.63, 3.8) is 0 Å². The van der Waals surface area contributed by atoms with Crippen molar-refractivity contribution in [1.29, 1.82) is 0 Å². The highest BCUT2D eigenvalue weighted by molar-refractivity contribution is 7.12. The summed E-state index contributed by atoms with van der Waals surface area (Å²) in [5.41, 5.74) is 8.50. The second kappa shape index (κ2) is 5.65. The van der Waals surface area contributed by atoms with Crippen LogP contribution in [0, 0.1) is 17.3 Å². The summed E-state index contributed by atoms with van der Waals surface area (Å²) in [5, 5.41) is 3.11. The Balaban J connectivity index is 1.39. The predicted octanol–water partition coefficient (Wildman–Crippen LogP) is 2.62. The lowest BCUT2D eigenvalue weighted by Gasteiger charge is -2.19. The van der Waals surface area contributed by atoms with Crippen molar-refractivity contribution in [3.8, 4) is 0 Å². The third-order valence-electron chi connectivity index (χ3n) is 6.65. The zero-order valence-electron chi connectivity index (χ0n) is 14.6. The largest absolute Gasteiger partial charge is 0.352 e. The summed E-state index contributed by atoms with van der Waals surface area (Å²) in [5.74, 6) is 1.32. The second-order valence-electron chi connectivity index (χ2n) is 8.72. The lowest BCUT2D eigenvalue weighted by atomic mass is 9.90. The molecule has 2 unspecified atom stereocenters. The first-order valence-electron chi connectivity index (χ1n) is 9.76. The number of carbonyl (C=O) groups is 2. The maximum Gasteiger partial charge on any atom is 0.252 e. The molecule has 3 N–H and O–H groups in total. The van der Waals surface area contributed by atoms with E-state index in [0.29, 0.717) is 23.5 Å². The standard InChI is InChI=1S/C20H26N2O2S/c21-12-3-4-16-13(7-12)18(19(24)22-10-11-1-2-11)17(25-16)8-15(23)14-9-20(14)5-6-20/h11-12,14H,1-10,21H2,(H,22,24). The molecule has 5 rings (SSSR count). The summed E-state index contributed by atoms with van der Waals surface area (Å²) in [6, 6.07) is 0.138. The molecule has 1 amide bonds. The van der Waals surface area contributed by atoms with E-state index >= 15 is 0 Å². The molecule has 3 fully saturated rings. The molecule has 1 aromatic rings. The van der Waals surface area contributed by atoms with Crippen molar-refractivity contribution < 1.29 is 9.59 Å². The molecule has 0 aromatic carbocycles. The maximum atomic E-state index is 12.9. The number of carbonyl (C=O) groups excluding carboxylic acids is 2. The second-order valence-corrected chi connectivity index (χ2v) is 9.91. The van der Waals surface area contributed by atoms with E-state index < -0.39 is 0 Å². The van der Waals surface area contributed by atoms with Gasteiger partial charge in [0.05, 0.1) is 5.56 Å². The topological polar surface area (TPSA) is 72.2 Å². The highest BCUT2D eigenvalue weighted by Crippen LogP contribution is 2.71. The van der Waals surface area contributed by atoms with Gasteiger partial charge in [0.15, 0.2) is 0 Å². The van der Waals surface area contributed by atoms with E-state index in [2.05, 4.69) is 5.32 Å². The van der Waals surface area contributed by atoms with E-state index in [-0.39, 0.29) is 17.9 Å². The third kappa shape index (κ3) is 2.95. The minimum absolute atomic E-state index is 0.0261. The van der Waals surface area contributed by atoms with Gasteiger partial charge in [0.2, 0.25) is 0 Å². The first kappa shape index (κ1) is 16.0. The van der Waals surface area contributed by atoms with Crippen LogP contribution in [0.4, 0.5) is 0 Å². The minimum Gasteiger partial charge on any atom is -0.352 e. The monoisotopic (exact) mass is 358 g/mol. The lowest BCUT2D eigenvalue weighted by molar-refractivity contribution is -0.119. The number of Topliss-reactive ketones (excluding diaryl/α,β-unsaturated/α-hetero) is 1. The Labute approximate surface area is 152 Å². The van der Waals surface area contributed by atoms with Crippen LogP contribution in [0.3, 0.4) is 0 Å². The molecule has 134 valence electrons. The summed E-state index contributed by atoms with van der Waals surface area (Å²) in [4.78, 5) is 27.9. The molecule has 1 heterocycles. The molecular formula is C20H26N2O2S. The van der Waals surface area contributed by atoms with Crippen LogP contribution < -0.4 is 11.1 Å².